The molecule has 3 rings (SSSR count). The number of aryl methyl sites for hydroxylation is 2. The normalized spacial score (nSPS) is 11.5. The Hall–Kier alpha value is -2.67. The Kier molecular flexibility index (Phi) is 4.34. The van der Waals surface area contributed by atoms with Crippen molar-refractivity contribution < 1.29 is 13.2 Å². The Morgan fingerprint density at radius 3 is 2.44 bits per heavy atom. The van der Waals surface area contributed by atoms with Gasteiger partial charge < -0.3 is 4.74 Å². The molecule has 0 atom stereocenters. The van der Waals surface area contributed by atoms with E-state index in [2.05, 4.69) is 10.3 Å². The van der Waals surface area contributed by atoms with Crippen molar-refractivity contribution in [3.8, 4) is 11.4 Å². The molecule has 25 heavy (non-hydrogen) atoms. The van der Waals surface area contributed by atoms with Crippen molar-refractivity contribution in [3.63, 3.8) is 0 Å². The van der Waals surface area contributed by atoms with Gasteiger partial charge >= 0.3 is 0 Å². The van der Waals surface area contributed by atoms with Crippen LogP contribution < -0.4 is 4.74 Å². The minimum atomic E-state index is -3.74. The minimum absolute atomic E-state index is 0.0430. The molecular weight excluding hydrogens is 338 g/mol. The summed E-state index contributed by atoms with van der Waals surface area (Å²) >= 11 is 0. The molecule has 0 unspecified atom stereocenters. The third-order valence-electron chi connectivity index (χ3n) is 4.19. The number of hydrogen-bond acceptors (Lipinski definition) is 5. The summed E-state index contributed by atoms with van der Waals surface area (Å²) < 4.78 is 32.6. The van der Waals surface area contributed by atoms with E-state index in [-0.39, 0.29) is 9.92 Å². The van der Waals surface area contributed by atoms with Crippen LogP contribution >= 0.6 is 0 Å². The Balaban J connectivity index is 2.09. The molecule has 0 amide bonds. The van der Waals surface area contributed by atoms with Gasteiger partial charge in [0, 0.05) is 6.07 Å². The highest BCUT2D eigenvalue weighted by molar-refractivity contribution is 7.91. The van der Waals surface area contributed by atoms with Crippen molar-refractivity contribution in [3.05, 3.63) is 59.3 Å². The number of ether oxygens (including phenoxy) is 1. The van der Waals surface area contributed by atoms with Gasteiger partial charge in [0.05, 0.1) is 23.4 Å². The lowest BCUT2D eigenvalue weighted by Gasteiger charge is -2.07. The van der Waals surface area contributed by atoms with Crippen LogP contribution in [0, 0.1) is 20.8 Å². The van der Waals surface area contributed by atoms with Crippen LogP contribution in [-0.4, -0.2) is 30.5 Å². The molecule has 130 valence electrons. The Morgan fingerprint density at radius 2 is 1.76 bits per heavy atom. The maximum atomic E-state index is 12.9. The van der Waals surface area contributed by atoms with E-state index >= 15 is 0 Å². The summed E-state index contributed by atoms with van der Waals surface area (Å²) in [6.07, 6.45) is 0. The average Bonchev–Trinajstić information content (AvgIpc) is 2.99. The second-order valence-corrected chi connectivity index (χ2v) is 7.71. The number of methoxy groups -OCH3 is 1. The number of hydrogen-bond donors (Lipinski definition) is 0. The summed E-state index contributed by atoms with van der Waals surface area (Å²) in [7, 11) is -2.17. The molecule has 0 fully saturated rings. The van der Waals surface area contributed by atoms with E-state index in [1.165, 1.54) is 4.68 Å². The summed E-state index contributed by atoms with van der Waals surface area (Å²) in [6.45, 7) is 5.51. The first-order valence-corrected chi connectivity index (χ1v) is 9.22. The van der Waals surface area contributed by atoms with Crippen molar-refractivity contribution in [1.82, 2.24) is 15.0 Å². The Labute approximate surface area is 147 Å². The van der Waals surface area contributed by atoms with Gasteiger partial charge in [-0.2, -0.15) is 0 Å². The molecule has 0 aliphatic rings. The zero-order chi connectivity index (χ0) is 18.2. The molecule has 0 saturated heterocycles. The van der Waals surface area contributed by atoms with Gasteiger partial charge in [0.1, 0.15) is 5.75 Å². The topological polar surface area (TPSA) is 74.1 Å². The van der Waals surface area contributed by atoms with Crippen LogP contribution in [0.1, 0.15) is 16.8 Å². The maximum absolute atomic E-state index is 12.9. The first-order chi connectivity index (χ1) is 11.8. The van der Waals surface area contributed by atoms with Crippen LogP contribution in [0.3, 0.4) is 0 Å². The molecule has 0 radical (unpaired) electrons. The molecule has 1 aromatic heterocycles. The van der Waals surface area contributed by atoms with Crippen molar-refractivity contribution in [1.29, 1.82) is 0 Å². The number of benzene rings is 2. The van der Waals surface area contributed by atoms with Crippen LogP contribution in [0.5, 0.6) is 5.75 Å². The molecular formula is C18H19N3O3S. The smallest absolute Gasteiger partial charge is 0.227 e. The molecule has 7 heteroatoms. The fourth-order valence-corrected chi connectivity index (χ4v) is 3.97. The number of rotatable bonds is 4. The van der Waals surface area contributed by atoms with E-state index in [4.69, 9.17) is 4.74 Å². The first-order valence-electron chi connectivity index (χ1n) is 7.73. The van der Waals surface area contributed by atoms with Crippen LogP contribution in [0.15, 0.2) is 52.4 Å². The van der Waals surface area contributed by atoms with E-state index in [0.717, 1.165) is 11.1 Å². The summed E-state index contributed by atoms with van der Waals surface area (Å²) in [5, 5.41) is 7.91. The summed E-state index contributed by atoms with van der Waals surface area (Å²) in [5.74, 6) is 0.658. The van der Waals surface area contributed by atoms with E-state index < -0.39 is 9.84 Å². The fourth-order valence-electron chi connectivity index (χ4n) is 2.54. The van der Waals surface area contributed by atoms with E-state index in [1.54, 1.807) is 38.3 Å². The second kappa shape index (κ2) is 6.33. The van der Waals surface area contributed by atoms with Gasteiger partial charge in [-0.3, -0.25) is 0 Å². The lowest BCUT2D eigenvalue weighted by atomic mass is 10.1. The third kappa shape index (κ3) is 3.02. The SMILES string of the molecule is COc1cccc(-n2nnc(S(=O)(=O)c3ccc(C)c(C)c3)c2C)c1. The number of aromatic nitrogens is 3. The minimum Gasteiger partial charge on any atom is -0.497 e. The number of nitrogens with zero attached hydrogens (tertiary/aromatic N) is 3. The highest BCUT2D eigenvalue weighted by atomic mass is 32.2. The van der Waals surface area contributed by atoms with Gasteiger partial charge in [-0.25, -0.2) is 13.1 Å². The predicted octanol–water partition coefficient (Wildman–Crippen LogP) is 3.03. The van der Waals surface area contributed by atoms with E-state index in [9.17, 15) is 8.42 Å². The van der Waals surface area contributed by atoms with Gasteiger partial charge in [-0.05, 0) is 56.2 Å². The van der Waals surface area contributed by atoms with Crippen molar-refractivity contribution >= 4 is 9.84 Å². The van der Waals surface area contributed by atoms with Crippen LogP contribution in [0.25, 0.3) is 5.69 Å². The fraction of sp³-hybridized carbons (Fsp3) is 0.222. The molecule has 6 nitrogen and oxygen atoms in total. The molecule has 0 aliphatic heterocycles. The molecule has 0 aliphatic carbocycles. The van der Waals surface area contributed by atoms with Gasteiger partial charge in [-0.1, -0.05) is 17.3 Å². The molecule has 1 heterocycles. The second-order valence-electron chi connectivity index (χ2n) is 5.84. The summed E-state index contributed by atoms with van der Waals surface area (Å²) in [4.78, 5) is 0.219. The zero-order valence-corrected chi connectivity index (χ0v) is 15.3. The van der Waals surface area contributed by atoms with Crippen molar-refractivity contribution in [2.24, 2.45) is 0 Å². The van der Waals surface area contributed by atoms with Crippen molar-refractivity contribution in [2.45, 2.75) is 30.7 Å². The zero-order valence-electron chi connectivity index (χ0n) is 14.5. The maximum Gasteiger partial charge on any atom is 0.227 e. The lowest BCUT2D eigenvalue weighted by Crippen LogP contribution is -2.06. The molecule has 0 saturated carbocycles. The highest BCUT2D eigenvalue weighted by Crippen LogP contribution is 2.25. The van der Waals surface area contributed by atoms with Crippen LogP contribution in [-0.2, 0) is 9.84 Å². The molecule has 3 aromatic rings. The monoisotopic (exact) mass is 357 g/mol. The van der Waals surface area contributed by atoms with Gasteiger partial charge in [0.25, 0.3) is 0 Å². The van der Waals surface area contributed by atoms with Gasteiger partial charge in [0.15, 0.2) is 0 Å². The average molecular weight is 357 g/mol. The van der Waals surface area contributed by atoms with Crippen LogP contribution in [0.2, 0.25) is 0 Å². The first kappa shape index (κ1) is 17.2. The number of sulfone groups is 1. The van der Waals surface area contributed by atoms with E-state index in [0.29, 0.717) is 17.1 Å². The highest BCUT2D eigenvalue weighted by Gasteiger charge is 2.26. The van der Waals surface area contributed by atoms with Crippen LogP contribution in [0.4, 0.5) is 0 Å². The van der Waals surface area contributed by atoms with Gasteiger partial charge in [-0.15, -0.1) is 5.10 Å². The van der Waals surface area contributed by atoms with Crippen molar-refractivity contribution in [2.75, 3.05) is 7.11 Å². The van der Waals surface area contributed by atoms with Gasteiger partial charge in [0.2, 0.25) is 14.9 Å². The lowest BCUT2D eigenvalue weighted by molar-refractivity contribution is 0.414. The Morgan fingerprint density at radius 1 is 1.00 bits per heavy atom. The predicted molar refractivity (Wildman–Crippen MR) is 94.0 cm³/mol. The van der Waals surface area contributed by atoms with E-state index in [1.807, 2.05) is 32.0 Å². The molecule has 2 aromatic carbocycles. The molecule has 0 spiro atoms. The Bertz CT molecular complexity index is 1040. The summed E-state index contributed by atoms with van der Waals surface area (Å²) in [6, 6.07) is 12.3. The quantitative estimate of drug-likeness (QED) is 0.717. The molecule has 0 bridgehead atoms. The standard InChI is InChI=1S/C18H19N3O3S/c1-12-8-9-17(10-13(12)2)25(22,23)18-14(3)21(20-19-18)15-6-5-7-16(11-15)24-4/h5-11H,1-4H3. The summed E-state index contributed by atoms with van der Waals surface area (Å²) in [5.41, 5.74) is 3.09. The largest absolute Gasteiger partial charge is 0.497 e. The third-order valence-corrected chi connectivity index (χ3v) is 5.95. The molecule has 0 N–H and O–H groups in total.